The lowest BCUT2D eigenvalue weighted by atomic mass is 10.2. The summed E-state index contributed by atoms with van der Waals surface area (Å²) in [4.78, 5) is 12.1. The Hall–Kier alpha value is -2.34. The quantitative estimate of drug-likeness (QED) is 0.786. The zero-order valence-electron chi connectivity index (χ0n) is 12.4. The number of hydrogen-bond acceptors (Lipinski definition) is 4. The molecule has 0 unspecified atom stereocenters. The smallest absolute Gasteiger partial charge is 0.252 e. The Labute approximate surface area is 132 Å². The van der Waals surface area contributed by atoms with E-state index in [1.165, 1.54) is 11.3 Å². The minimum Gasteiger partial charge on any atom is -0.467 e. The fraction of sp³-hybridized carbons (Fsp3) is 0.250. The molecule has 3 aromatic rings. The topological polar surface area (TPSA) is 60.1 Å². The van der Waals surface area contributed by atoms with Crippen molar-refractivity contribution in [3.05, 3.63) is 64.0 Å². The molecule has 3 heterocycles. The van der Waals surface area contributed by atoms with Gasteiger partial charge in [0.2, 0.25) is 0 Å². The Balaban J connectivity index is 1.81. The van der Waals surface area contributed by atoms with Crippen LogP contribution in [0.1, 0.15) is 33.5 Å². The lowest BCUT2D eigenvalue weighted by molar-refractivity contribution is 0.0948. The van der Waals surface area contributed by atoms with Crippen molar-refractivity contribution in [1.82, 2.24) is 15.1 Å². The third-order valence-electron chi connectivity index (χ3n) is 3.45. The van der Waals surface area contributed by atoms with E-state index in [1.54, 1.807) is 6.26 Å². The molecule has 0 saturated carbocycles. The summed E-state index contributed by atoms with van der Waals surface area (Å²) in [6.07, 6.45) is 1.63. The van der Waals surface area contributed by atoms with Crippen LogP contribution < -0.4 is 5.32 Å². The summed E-state index contributed by atoms with van der Waals surface area (Å²) in [6.45, 7) is 4.37. The van der Waals surface area contributed by atoms with Crippen LogP contribution in [0.2, 0.25) is 0 Å². The van der Waals surface area contributed by atoms with Crippen LogP contribution in [-0.2, 0) is 0 Å². The maximum absolute atomic E-state index is 12.1. The summed E-state index contributed by atoms with van der Waals surface area (Å²) < 4.78 is 7.42. The normalized spacial score (nSPS) is 12.3. The Morgan fingerprint density at radius 1 is 1.45 bits per heavy atom. The van der Waals surface area contributed by atoms with Gasteiger partial charge in [-0.25, -0.2) is 0 Å². The monoisotopic (exact) mass is 315 g/mol. The van der Waals surface area contributed by atoms with Gasteiger partial charge in [-0.2, -0.15) is 16.4 Å². The number of hydrogen-bond donors (Lipinski definition) is 1. The van der Waals surface area contributed by atoms with Crippen LogP contribution in [0, 0.1) is 13.8 Å². The Kier molecular flexibility index (Phi) is 4.11. The fourth-order valence-electron chi connectivity index (χ4n) is 2.44. The van der Waals surface area contributed by atoms with Crippen LogP contribution in [0.25, 0.3) is 0 Å². The maximum atomic E-state index is 12.1. The van der Waals surface area contributed by atoms with Gasteiger partial charge < -0.3 is 9.73 Å². The summed E-state index contributed by atoms with van der Waals surface area (Å²) in [5, 5.41) is 11.2. The first kappa shape index (κ1) is 14.6. The van der Waals surface area contributed by atoms with Crippen molar-refractivity contribution in [2.24, 2.45) is 0 Å². The number of aryl methyl sites for hydroxylation is 2. The average Bonchev–Trinajstić information content (AvgIpc) is 3.22. The van der Waals surface area contributed by atoms with Gasteiger partial charge in [0, 0.05) is 23.2 Å². The van der Waals surface area contributed by atoms with Gasteiger partial charge in [0.1, 0.15) is 11.8 Å². The molecule has 1 N–H and O–H groups in total. The molecular weight excluding hydrogens is 298 g/mol. The van der Waals surface area contributed by atoms with E-state index in [9.17, 15) is 4.79 Å². The second-order valence-corrected chi connectivity index (χ2v) is 5.90. The number of furan rings is 1. The molecule has 0 aliphatic carbocycles. The minimum absolute atomic E-state index is 0.0839. The predicted octanol–water partition coefficient (Wildman–Crippen LogP) is 3.17. The molecule has 1 atom stereocenters. The molecule has 6 heteroatoms. The van der Waals surface area contributed by atoms with Crippen molar-refractivity contribution < 1.29 is 9.21 Å². The zero-order chi connectivity index (χ0) is 15.5. The highest BCUT2D eigenvalue weighted by Crippen LogP contribution is 2.20. The van der Waals surface area contributed by atoms with E-state index in [2.05, 4.69) is 10.4 Å². The molecule has 0 aliphatic heterocycles. The molecule has 0 fully saturated rings. The van der Waals surface area contributed by atoms with Crippen molar-refractivity contribution in [1.29, 1.82) is 0 Å². The Morgan fingerprint density at radius 3 is 2.91 bits per heavy atom. The molecule has 5 nitrogen and oxygen atoms in total. The van der Waals surface area contributed by atoms with Crippen molar-refractivity contribution in [3.8, 4) is 0 Å². The van der Waals surface area contributed by atoms with Gasteiger partial charge in [-0.3, -0.25) is 9.48 Å². The molecule has 0 aromatic carbocycles. The number of thiophene rings is 1. The first-order valence-electron chi connectivity index (χ1n) is 7.01. The van der Waals surface area contributed by atoms with Gasteiger partial charge in [-0.05, 0) is 43.5 Å². The van der Waals surface area contributed by atoms with E-state index in [1.807, 2.05) is 53.6 Å². The van der Waals surface area contributed by atoms with Gasteiger partial charge in [-0.1, -0.05) is 0 Å². The molecule has 0 bridgehead atoms. The summed E-state index contributed by atoms with van der Waals surface area (Å²) in [5.41, 5.74) is 2.65. The number of nitrogens with one attached hydrogen (secondary N) is 1. The molecule has 114 valence electrons. The minimum atomic E-state index is -0.161. The van der Waals surface area contributed by atoms with Crippen LogP contribution >= 0.6 is 11.3 Å². The van der Waals surface area contributed by atoms with E-state index in [0.717, 1.165) is 17.1 Å². The second-order valence-electron chi connectivity index (χ2n) is 5.12. The number of carbonyl (C=O) groups is 1. The highest BCUT2D eigenvalue weighted by Gasteiger charge is 2.20. The number of amides is 1. The van der Waals surface area contributed by atoms with Gasteiger partial charge in [0.25, 0.3) is 5.91 Å². The van der Waals surface area contributed by atoms with E-state index in [-0.39, 0.29) is 11.9 Å². The standard InChI is InChI=1S/C16H17N3O2S/c1-11-8-12(2)19(18-11)14(15-4-3-6-21-15)9-17-16(20)13-5-7-22-10-13/h3-8,10,14H,9H2,1-2H3,(H,17,20)/t14-/m0/s1. The molecule has 0 saturated heterocycles. The Bertz CT molecular complexity index is 745. The zero-order valence-corrected chi connectivity index (χ0v) is 13.3. The van der Waals surface area contributed by atoms with Crippen molar-refractivity contribution in [2.75, 3.05) is 6.54 Å². The third kappa shape index (κ3) is 2.96. The average molecular weight is 315 g/mol. The summed E-state index contributed by atoms with van der Waals surface area (Å²) >= 11 is 1.51. The molecular formula is C16H17N3O2S. The van der Waals surface area contributed by atoms with Crippen molar-refractivity contribution in [2.45, 2.75) is 19.9 Å². The molecule has 0 aliphatic rings. The van der Waals surface area contributed by atoms with Crippen LogP contribution in [0.4, 0.5) is 0 Å². The van der Waals surface area contributed by atoms with Crippen LogP contribution in [0.15, 0.2) is 45.7 Å². The van der Waals surface area contributed by atoms with E-state index in [4.69, 9.17) is 4.42 Å². The molecule has 22 heavy (non-hydrogen) atoms. The van der Waals surface area contributed by atoms with Gasteiger partial charge >= 0.3 is 0 Å². The summed E-state index contributed by atoms with van der Waals surface area (Å²) in [5.74, 6) is 0.691. The number of rotatable bonds is 5. The van der Waals surface area contributed by atoms with E-state index >= 15 is 0 Å². The molecule has 1 amide bonds. The van der Waals surface area contributed by atoms with Crippen LogP contribution in [0.5, 0.6) is 0 Å². The maximum Gasteiger partial charge on any atom is 0.252 e. The lowest BCUT2D eigenvalue weighted by Crippen LogP contribution is -2.31. The van der Waals surface area contributed by atoms with Crippen LogP contribution in [-0.4, -0.2) is 22.2 Å². The Morgan fingerprint density at radius 2 is 2.32 bits per heavy atom. The molecule has 3 rings (SSSR count). The SMILES string of the molecule is Cc1cc(C)n([C@@H](CNC(=O)c2ccsc2)c2ccco2)n1. The van der Waals surface area contributed by atoms with Gasteiger partial charge in [0.15, 0.2) is 0 Å². The van der Waals surface area contributed by atoms with Crippen molar-refractivity contribution >= 4 is 17.2 Å². The fourth-order valence-corrected chi connectivity index (χ4v) is 3.07. The predicted molar refractivity (Wildman–Crippen MR) is 85.2 cm³/mol. The van der Waals surface area contributed by atoms with E-state index < -0.39 is 0 Å². The van der Waals surface area contributed by atoms with E-state index in [0.29, 0.717) is 12.1 Å². The van der Waals surface area contributed by atoms with Gasteiger partial charge in [-0.15, -0.1) is 0 Å². The molecule has 0 radical (unpaired) electrons. The van der Waals surface area contributed by atoms with Crippen molar-refractivity contribution in [3.63, 3.8) is 0 Å². The van der Waals surface area contributed by atoms with Crippen LogP contribution in [0.3, 0.4) is 0 Å². The first-order chi connectivity index (χ1) is 10.6. The lowest BCUT2D eigenvalue weighted by Gasteiger charge is -2.17. The number of nitrogens with zero attached hydrogens (tertiary/aromatic N) is 2. The molecule has 3 aromatic heterocycles. The highest BCUT2D eigenvalue weighted by atomic mass is 32.1. The summed E-state index contributed by atoms with van der Waals surface area (Å²) in [6, 6.07) is 7.40. The summed E-state index contributed by atoms with van der Waals surface area (Å²) in [7, 11) is 0. The largest absolute Gasteiger partial charge is 0.467 e. The number of aromatic nitrogens is 2. The first-order valence-corrected chi connectivity index (χ1v) is 7.96. The molecule has 0 spiro atoms. The third-order valence-corrected chi connectivity index (χ3v) is 4.13. The van der Waals surface area contributed by atoms with Gasteiger partial charge in [0.05, 0.1) is 12.0 Å². The highest BCUT2D eigenvalue weighted by molar-refractivity contribution is 7.08. The second kappa shape index (κ2) is 6.19. The number of carbonyl (C=O) groups excluding carboxylic acids is 1.